The maximum absolute atomic E-state index is 13.4. The van der Waals surface area contributed by atoms with Gasteiger partial charge in [0.15, 0.2) is 10.5 Å². The van der Waals surface area contributed by atoms with Gasteiger partial charge < -0.3 is 20.7 Å². The monoisotopic (exact) mass is 559 g/mol. The van der Waals surface area contributed by atoms with E-state index in [-0.39, 0.29) is 36.0 Å². The zero-order valence-electron chi connectivity index (χ0n) is 19.7. The molecule has 2 aliphatic rings. The number of primary amides is 1. The maximum atomic E-state index is 13.4. The molecule has 0 saturated carbocycles. The van der Waals surface area contributed by atoms with Crippen molar-refractivity contribution in [2.24, 2.45) is 5.73 Å². The van der Waals surface area contributed by atoms with Gasteiger partial charge in [-0.25, -0.2) is 0 Å². The molecule has 200 valence electrons. The van der Waals surface area contributed by atoms with Crippen LogP contribution in [0.2, 0.25) is 0 Å². The Morgan fingerprint density at radius 1 is 1.22 bits per heavy atom. The molecule has 37 heavy (non-hydrogen) atoms. The van der Waals surface area contributed by atoms with Crippen molar-refractivity contribution in [3.05, 3.63) is 53.0 Å². The van der Waals surface area contributed by atoms with E-state index in [1.807, 2.05) is 11.9 Å². The number of likely N-dealkylation sites (N-methyl/N-ethyl adjacent to an activating group) is 1. The molecule has 2 aromatic heterocycles. The Morgan fingerprint density at radius 2 is 1.95 bits per heavy atom. The van der Waals surface area contributed by atoms with Crippen LogP contribution >= 0.6 is 23.7 Å². The number of allylic oxidation sites excluding steroid dienone is 2. The number of halogens is 4. The van der Waals surface area contributed by atoms with Gasteiger partial charge in [-0.05, 0) is 25.3 Å². The zero-order chi connectivity index (χ0) is 25.9. The summed E-state index contributed by atoms with van der Waals surface area (Å²) < 4.78 is 44.6. The van der Waals surface area contributed by atoms with E-state index in [9.17, 15) is 22.8 Å². The Hall–Kier alpha value is -3.07. The number of aromatic nitrogens is 3. The molecule has 1 saturated heterocycles. The number of ether oxygens (including phenoxy) is 1. The summed E-state index contributed by atoms with van der Waals surface area (Å²) in [6, 6.07) is 3.39. The molecule has 1 unspecified atom stereocenters. The Kier molecular flexibility index (Phi) is 8.89. The van der Waals surface area contributed by atoms with Gasteiger partial charge in [-0.1, -0.05) is 17.4 Å². The zero-order valence-corrected chi connectivity index (χ0v) is 21.3. The van der Waals surface area contributed by atoms with Crippen molar-refractivity contribution >= 4 is 35.6 Å². The number of hydrogen-bond donors (Lipinski definition) is 2. The first-order valence-corrected chi connectivity index (χ1v) is 11.8. The highest BCUT2D eigenvalue weighted by Gasteiger charge is 2.49. The summed E-state index contributed by atoms with van der Waals surface area (Å²) in [5.74, 6) is -2.03. The Morgan fingerprint density at radius 3 is 2.57 bits per heavy atom. The number of alkyl halides is 3. The summed E-state index contributed by atoms with van der Waals surface area (Å²) in [7, 11) is 1.97. The standard InChI is InChI=1S/C22H24F3N7O3S.ClH/c1-31-7-9-32(10-8-31)13-17(33)28-21(20-30-29-19(36-20)15-3-2-6-27-12-15)11-14(18(26)34)4-5-16(21)35-22(23,24)25;/h2-6,12H,7-11,13H2,1H3,(H2,26,34)(H,28,33);1H. The van der Waals surface area contributed by atoms with Crippen LogP contribution in [-0.4, -0.2) is 82.9 Å². The number of nitrogens with zero attached hydrogens (tertiary/aromatic N) is 5. The molecule has 4 rings (SSSR count). The molecular formula is C22H25ClF3N7O3S. The molecule has 10 nitrogen and oxygen atoms in total. The smallest absolute Gasteiger partial charge is 0.407 e. The largest absolute Gasteiger partial charge is 0.572 e. The lowest BCUT2D eigenvalue weighted by Crippen LogP contribution is -2.54. The van der Waals surface area contributed by atoms with Gasteiger partial charge in [0.1, 0.15) is 10.8 Å². The highest BCUT2D eigenvalue weighted by atomic mass is 35.5. The van der Waals surface area contributed by atoms with Gasteiger partial charge in [-0.3, -0.25) is 19.5 Å². The summed E-state index contributed by atoms with van der Waals surface area (Å²) >= 11 is 0.958. The van der Waals surface area contributed by atoms with Crippen molar-refractivity contribution in [3.8, 4) is 10.6 Å². The first-order valence-electron chi connectivity index (χ1n) is 11.0. The second-order valence-electron chi connectivity index (χ2n) is 8.50. The fourth-order valence-corrected chi connectivity index (χ4v) is 4.98. The second-order valence-corrected chi connectivity index (χ2v) is 9.48. The summed E-state index contributed by atoms with van der Waals surface area (Å²) in [6.45, 7) is 2.68. The van der Waals surface area contributed by atoms with Gasteiger partial charge in [0.2, 0.25) is 11.8 Å². The minimum atomic E-state index is -5.06. The van der Waals surface area contributed by atoms with E-state index < -0.39 is 29.5 Å². The number of carbonyl (C=O) groups is 2. The molecule has 3 heterocycles. The molecule has 0 bridgehead atoms. The highest BCUT2D eigenvalue weighted by Crippen LogP contribution is 2.44. The molecule has 2 amide bonds. The summed E-state index contributed by atoms with van der Waals surface area (Å²) in [5, 5.41) is 11.3. The third kappa shape index (κ3) is 6.83. The molecule has 1 aliphatic carbocycles. The number of hydrogen-bond acceptors (Lipinski definition) is 9. The predicted molar refractivity (Wildman–Crippen MR) is 131 cm³/mol. The molecular weight excluding hydrogens is 535 g/mol. The van der Waals surface area contributed by atoms with Gasteiger partial charge >= 0.3 is 6.36 Å². The molecule has 0 aromatic carbocycles. The fourth-order valence-electron chi connectivity index (χ4n) is 3.99. The molecule has 15 heteroatoms. The molecule has 3 N–H and O–H groups in total. The van der Waals surface area contributed by atoms with Crippen molar-refractivity contribution in [2.75, 3.05) is 39.8 Å². The lowest BCUT2D eigenvalue weighted by atomic mass is 9.84. The van der Waals surface area contributed by atoms with E-state index in [2.05, 4.69) is 30.1 Å². The molecule has 0 spiro atoms. The lowest BCUT2D eigenvalue weighted by Gasteiger charge is -2.38. The second kappa shape index (κ2) is 11.5. The first kappa shape index (κ1) is 28.5. The first-order chi connectivity index (χ1) is 17.1. The van der Waals surface area contributed by atoms with Crippen LogP contribution in [0.3, 0.4) is 0 Å². The normalized spacial score (nSPS) is 20.9. The van der Waals surface area contributed by atoms with Crippen molar-refractivity contribution in [2.45, 2.75) is 18.3 Å². The van der Waals surface area contributed by atoms with Crippen LogP contribution in [-0.2, 0) is 19.9 Å². The Labute approximate surface area is 220 Å². The fraction of sp³-hybridized carbons (Fsp3) is 0.409. The van der Waals surface area contributed by atoms with E-state index >= 15 is 0 Å². The van der Waals surface area contributed by atoms with E-state index in [4.69, 9.17) is 5.73 Å². The van der Waals surface area contributed by atoms with E-state index in [0.717, 1.165) is 36.6 Å². The van der Waals surface area contributed by atoms with Gasteiger partial charge in [0, 0.05) is 56.1 Å². The SMILES string of the molecule is CN1CCN(CC(=O)NC2(c3nnc(-c4cccnc4)s3)CC(C(N)=O)=CC=C2OC(F)(F)F)CC1.Cl. The number of piperazine rings is 1. The maximum Gasteiger partial charge on any atom is 0.572 e. The van der Waals surface area contributed by atoms with Crippen LogP contribution in [0, 0.1) is 0 Å². The van der Waals surface area contributed by atoms with Crippen molar-refractivity contribution < 1.29 is 27.5 Å². The average molecular weight is 560 g/mol. The third-order valence-corrected chi connectivity index (χ3v) is 7.00. The van der Waals surface area contributed by atoms with Crippen LogP contribution in [0.4, 0.5) is 13.2 Å². The van der Waals surface area contributed by atoms with Gasteiger partial charge in [-0.15, -0.1) is 35.8 Å². The van der Waals surface area contributed by atoms with Crippen LogP contribution in [0.5, 0.6) is 0 Å². The number of pyridine rings is 1. The number of rotatable bonds is 7. The predicted octanol–water partition coefficient (Wildman–Crippen LogP) is 1.82. The minimum absolute atomic E-state index is 0. The highest BCUT2D eigenvalue weighted by molar-refractivity contribution is 7.14. The number of amides is 2. The Bertz CT molecular complexity index is 1180. The minimum Gasteiger partial charge on any atom is -0.407 e. The molecule has 0 radical (unpaired) electrons. The quantitative estimate of drug-likeness (QED) is 0.526. The van der Waals surface area contributed by atoms with Gasteiger partial charge in [0.25, 0.3) is 0 Å². The average Bonchev–Trinajstić information content (AvgIpc) is 3.32. The van der Waals surface area contributed by atoms with Crippen LogP contribution < -0.4 is 11.1 Å². The van der Waals surface area contributed by atoms with E-state index in [1.165, 1.54) is 6.20 Å². The van der Waals surface area contributed by atoms with Crippen LogP contribution in [0.25, 0.3) is 10.6 Å². The summed E-state index contributed by atoms with van der Waals surface area (Å²) in [5.41, 5.74) is 4.10. The van der Waals surface area contributed by atoms with Gasteiger partial charge in [0.05, 0.1) is 6.54 Å². The van der Waals surface area contributed by atoms with Crippen molar-refractivity contribution in [1.29, 1.82) is 0 Å². The van der Waals surface area contributed by atoms with Crippen molar-refractivity contribution in [3.63, 3.8) is 0 Å². The molecule has 1 fully saturated rings. The Balaban J connectivity index is 0.00000380. The summed E-state index contributed by atoms with van der Waals surface area (Å²) in [4.78, 5) is 33.2. The van der Waals surface area contributed by atoms with Gasteiger partial charge in [-0.2, -0.15) is 0 Å². The van der Waals surface area contributed by atoms with E-state index in [0.29, 0.717) is 23.7 Å². The summed E-state index contributed by atoms with van der Waals surface area (Å²) in [6.07, 6.45) is -0.222. The number of carbonyl (C=O) groups excluding carboxylic acids is 2. The third-order valence-electron chi connectivity index (χ3n) is 5.87. The number of nitrogens with two attached hydrogens (primary N) is 1. The van der Waals surface area contributed by atoms with E-state index in [1.54, 1.807) is 18.3 Å². The van der Waals surface area contributed by atoms with Crippen LogP contribution in [0.1, 0.15) is 11.4 Å². The molecule has 1 aliphatic heterocycles. The van der Waals surface area contributed by atoms with Crippen molar-refractivity contribution in [1.82, 2.24) is 30.3 Å². The van der Waals surface area contributed by atoms with Crippen LogP contribution in [0.15, 0.2) is 48.0 Å². The number of nitrogens with one attached hydrogen (secondary N) is 1. The lowest BCUT2D eigenvalue weighted by molar-refractivity contribution is -0.310. The molecule has 1 atom stereocenters. The molecule has 2 aromatic rings. The topological polar surface area (TPSA) is 127 Å².